The van der Waals surface area contributed by atoms with Crippen LogP contribution in [0.1, 0.15) is 179 Å². The summed E-state index contributed by atoms with van der Waals surface area (Å²) in [5.41, 5.74) is 2.10. The van der Waals surface area contributed by atoms with Gasteiger partial charge in [-0.05, 0) is 42.2 Å². The largest absolute Gasteiger partial charge is 0.507 e. The third kappa shape index (κ3) is 14.2. The monoisotopic (exact) mass is 512 g/mol. The van der Waals surface area contributed by atoms with E-state index in [0.29, 0.717) is 12.2 Å². The van der Waals surface area contributed by atoms with Gasteiger partial charge in [0, 0.05) is 23.1 Å². The minimum Gasteiger partial charge on any atom is -0.507 e. The third-order valence-corrected chi connectivity index (χ3v) is 7.61. The van der Waals surface area contributed by atoms with Crippen LogP contribution in [0.4, 0.5) is 0 Å². The van der Waals surface area contributed by atoms with Gasteiger partial charge in [-0.1, -0.05) is 138 Å². The summed E-state index contributed by atoms with van der Waals surface area (Å²) in [7, 11) is 0. The number of benzene rings is 1. The van der Waals surface area contributed by atoms with Crippen molar-refractivity contribution in [2.45, 2.75) is 168 Å². The second-order valence-electron chi connectivity index (χ2n) is 13.3. The number of Topliss-reactive ketones (excluding diaryl/α,β-unsaturated/α-hetero) is 1. The number of unbranched alkanes of at least 4 members (excludes halogenated alkanes) is 16. The minimum atomic E-state index is -0.203. The normalized spacial score (nSPS) is 12.2. The van der Waals surface area contributed by atoms with Gasteiger partial charge < -0.3 is 5.11 Å². The van der Waals surface area contributed by atoms with Crippen molar-refractivity contribution in [1.29, 1.82) is 0 Å². The van der Waals surface area contributed by atoms with Gasteiger partial charge in [0.15, 0.2) is 5.78 Å². The van der Waals surface area contributed by atoms with Gasteiger partial charge in [0.25, 0.3) is 0 Å². The van der Waals surface area contributed by atoms with Crippen LogP contribution in [-0.4, -0.2) is 10.9 Å². The van der Waals surface area contributed by atoms with E-state index in [4.69, 9.17) is 0 Å². The summed E-state index contributed by atoms with van der Waals surface area (Å²) in [6, 6.07) is 3.86. The van der Waals surface area contributed by atoms with Crippen LogP contribution in [0.5, 0.6) is 5.75 Å². The van der Waals surface area contributed by atoms with E-state index in [9.17, 15) is 9.90 Å². The van der Waals surface area contributed by atoms with Gasteiger partial charge >= 0.3 is 0 Å². The summed E-state index contributed by atoms with van der Waals surface area (Å²) in [5, 5.41) is 10.9. The number of phenols is 1. The first kappa shape index (κ1) is 33.5. The van der Waals surface area contributed by atoms with Crippen LogP contribution in [0.3, 0.4) is 0 Å². The fourth-order valence-electron chi connectivity index (χ4n) is 5.13. The van der Waals surface area contributed by atoms with Crippen molar-refractivity contribution in [1.82, 2.24) is 0 Å². The molecule has 0 bridgehead atoms. The molecule has 1 aromatic rings. The number of ketones is 1. The van der Waals surface area contributed by atoms with E-state index < -0.39 is 0 Å². The molecular formula is C35H60O2. The number of rotatable bonds is 20. The highest BCUT2D eigenvalue weighted by molar-refractivity contribution is 5.96. The Hall–Kier alpha value is -1.57. The van der Waals surface area contributed by atoms with Gasteiger partial charge in [-0.25, -0.2) is 0 Å². The van der Waals surface area contributed by atoms with E-state index in [0.717, 1.165) is 29.5 Å². The highest BCUT2D eigenvalue weighted by Gasteiger charge is 2.27. The summed E-state index contributed by atoms with van der Waals surface area (Å²) < 4.78 is 0. The maximum Gasteiger partial charge on any atom is 0.162 e. The molecule has 0 saturated carbocycles. The van der Waals surface area contributed by atoms with Crippen LogP contribution in [-0.2, 0) is 10.8 Å². The molecule has 2 nitrogen and oxygen atoms in total. The van der Waals surface area contributed by atoms with E-state index in [1.54, 1.807) is 0 Å². The van der Waals surface area contributed by atoms with Crippen molar-refractivity contribution in [3.63, 3.8) is 0 Å². The van der Waals surface area contributed by atoms with E-state index in [2.05, 4.69) is 48.1 Å². The fraction of sp³-hybridized carbons (Fsp3) is 0.743. The van der Waals surface area contributed by atoms with Gasteiger partial charge in [0.1, 0.15) is 5.75 Å². The number of allylic oxidation sites excluding steroid dienone is 1. The molecule has 1 aromatic carbocycles. The number of phenolic OH excluding ortho intramolecular Hbond substituents is 1. The number of hydrogen-bond acceptors (Lipinski definition) is 2. The molecular weight excluding hydrogens is 452 g/mol. The molecule has 0 fully saturated rings. The van der Waals surface area contributed by atoms with Crippen molar-refractivity contribution >= 4 is 5.78 Å². The Labute approximate surface area is 230 Å². The highest BCUT2D eigenvalue weighted by Crippen LogP contribution is 2.40. The van der Waals surface area contributed by atoms with Crippen LogP contribution in [0.2, 0.25) is 0 Å². The number of hydrogen-bond donors (Lipinski definition) is 1. The molecule has 2 heteroatoms. The lowest BCUT2D eigenvalue weighted by Crippen LogP contribution is -2.18. The summed E-state index contributed by atoms with van der Waals surface area (Å²) in [4.78, 5) is 13.0. The lowest BCUT2D eigenvalue weighted by molar-refractivity contribution is 0.0978. The summed E-state index contributed by atoms with van der Waals surface area (Å²) in [6.45, 7) is 16.4. The van der Waals surface area contributed by atoms with Gasteiger partial charge in [-0.15, -0.1) is 6.58 Å². The van der Waals surface area contributed by atoms with Crippen molar-refractivity contribution in [2.75, 3.05) is 0 Å². The maximum absolute atomic E-state index is 13.0. The zero-order valence-corrected chi connectivity index (χ0v) is 25.5. The minimum absolute atomic E-state index is 0.203. The van der Waals surface area contributed by atoms with Crippen LogP contribution in [0.15, 0.2) is 24.8 Å². The van der Waals surface area contributed by atoms with E-state index in [1.807, 2.05) is 18.2 Å². The van der Waals surface area contributed by atoms with Crippen LogP contribution < -0.4 is 0 Å². The number of carbonyl (C=O) groups is 1. The van der Waals surface area contributed by atoms with Crippen molar-refractivity contribution in [3.8, 4) is 5.75 Å². The molecule has 0 radical (unpaired) electrons. The Kier molecular flexibility index (Phi) is 16.1. The molecule has 0 unspecified atom stereocenters. The van der Waals surface area contributed by atoms with Gasteiger partial charge in [-0.2, -0.15) is 0 Å². The molecule has 0 amide bonds. The zero-order chi connectivity index (χ0) is 27.7. The van der Waals surface area contributed by atoms with Gasteiger partial charge in [0.05, 0.1) is 0 Å². The van der Waals surface area contributed by atoms with E-state index >= 15 is 0 Å². The quantitative estimate of drug-likeness (QED) is 0.107. The maximum atomic E-state index is 13.0. The molecule has 0 aliphatic carbocycles. The first-order valence-electron chi connectivity index (χ1n) is 15.5. The molecule has 1 N–H and O–H groups in total. The number of carbonyl (C=O) groups excluding carboxylic acids is 1. The molecule has 0 aromatic heterocycles. The van der Waals surface area contributed by atoms with Crippen molar-refractivity contribution < 1.29 is 9.90 Å². The predicted octanol–water partition coefficient (Wildman–Crippen LogP) is 11.4. The van der Waals surface area contributed by atoms with Crippen LogP contribution >= 0.6 is 0 Å². The second kappa shape index (κ2) is 17.8. The summed E-state index contributed by atoms with van der Waals surface area (Å²) >= 11 is 0. The first-order valence-corrected chi connectivity index (χ1v) is 15.5. The Morgan fingerprint density at radius 2 is 0.973 bits per heavy atom. The fourth-order valence-corrected chi connectivity index (χ4v) is 5.13. The average Bonchev–Trinajstić information content (AvgIpc) is 2.81. The van der Waals surface area contributed by atoms with Crippen LogP contribution in [0, 0.1) is 0 Å². The van der Waals surface area contributed by atoms with E-state index in [-0.39, 0.29) is 16.6 Å². The zero-order valence-electron chi connectivity index (χ0n) is 25.5. The van der Waals surface area contributed by atoms with Crippen LogP contribution in [0.25, 0.3) is 0 Å². The molecule has 0 spiro atoms. The molecule has 0 atom stereocenters. The highest BCUT2D eigenvalue weighted by atomic mass is 16.3. The molecule has 37 heavy (non-hydrogen) atoms. The topological polar surface area (TPSA) is 37.3 Å². The van der Waals surface area contributed by atoms with E-state index in [1.165, 1.54) is 96.3 Å². The SMILES string of the molecule is C=CCCCCCCCCCCCCCCCCCCC(=O)c1cc(C(C)(C)C)c(O)c(C(C)(C)C)c1. The van der Waals surface area contributed by atoms with Gasteiger partial charge in [-0.3, -0.25) is 4.79 Å². The van der Waals surface area contributed by atoms with Crippen molar-refractivity contribution in [2.24, 2.45) is 0 Å². The van der Waals surface area contributed by atoms with Crippen molar-refractivity contribution in [3.05, 3.63) is 41.5 Å². The standard InChI is InChI=1S/C35H60O2/c1-8-9-10-11-12-13-14-15-16-17-18-19-20-21-22-23-24-25-26-32(36)29-27-30(34(2,3)4)33(37)31(28-29)35(5,6)7/h8,27-28,37H,1,9-26H2,2-7H3. The lowest BCUT2D eigenvalue weighted by atomic mass is 9.78. The molecule has 0 aliphatic rings. The molecule has 0 saturated heterocycles. The Bertz CT molecular complexity index is 740. The average molecular weight is 513 g/mol. The molecule has 212 valence electrons. The Morgan fingerprint density at radius 3 is 1.30 bits per heavy atom. The molecule has 0 heterocycles. The number of aromatic hydroxyl groups is 1. The first-order chi connectivity index (χ1) is 17.5. The third-order valence-electron chi connectivity index (χ3n) is 7.61. The smallest absolute Gasteiger partial charge is 0.162 e. The predicted molar refractivity (Wildman–Crippen MR) is 163 cm³/mol. The Balaban J connectivity index is 2.17. The molecule has 0 aliphatic heterocycles. The summed E-state index contributed by atoms with van der Waals surface area (Å²) in [5.74, 6) is 0.561. The Morgan fingerprint density at radius 1 is 0.649 bits per heavy atom. The van der Waals surface area contributed by atoms with Gasteiger partial charge in [0.2, 0.25) is 0 Å². The second-order valence-corrected chi connectivity index (χ2v) is 13.3. The summed E-state index contributed by atoms with van der Waals surface area (Å²) in [6.07, 6.45) is 25.1. The molecule has 1 rings (SSSR count). The lowest BCUT2D eigenvalue weighted by Gasteiger charge is -2.28.